The standard InChI is InChI=1S/C35H37Cl2F2N3O7S2/c1-35(2,3)49-34(43)41-13-12-26(21-6-9-24(36)10-7-21)23(18-41)20-48-30-15-28(39)31(16-27(30)38)51(44,45)42(33-40-17-32(37)50-33)19-22-8-11-25(46-4)14-29(22)47-5/h6-11,14-17,23,26H,12-13,18-20H2,1-5H3/t23-,26-/m0/s1. The SMILES string of the molecule is COc1ccc(CN(c2ncc(Cl)s2)S(=O)(=O)c2cc(F)c(OC[C@@H]3CN(C(=O)OC(C)(C)C)CC[C@H]3c3ccc(Cl)cc3)cc2F)c(OC)c1. The second kappa shape index (κ2) is 15.8. The number of likely N-dealkylation sites (tertiary alicyclic amines) is 1. The summed E-state index contributed by atoms with van der Waals surface area (Å²) in [4.78, 5) is 17.7. The van der Waals surface area contributed by atoms with Crippen molar-refractivity contribution in [1.82, 2.24) is 9.88 Å². The van der Waals surface area contributed by atoms with Crippen molar-refractivity contribution < 1.29 is 40.9 Å². The molecule has 3 aromatic carbocycles. The summed E-state index contributed by atoms with van der Waals surface area (Å²) >= 11 is 13.1. The predicted molar refractivity (Wildman–Crippen MR) is 192 cm³/mol. The molecule has 0 spiro atoms. The summed E-state index contributed by atoms with van der Waals surface area (Å²) in [6, 6.07) is 13.3. The summed E-state index contributed by atoms with van der Waals surface area (Å²) < 4.78 is 82.8. The number of benzene rings is 3. The number of sulfonamides is 1. The number of anilines is 1. The van der Waals surface area contributed by atoms with Crippen LogP contribution in [0.1, 0.15) is 44.2 Å². The number of methoxy groups -OCH3 is 2. The lowest BCUT2D eigenvalue weighted by atomic mass is 9.81. The number of rotatable bonds is 11. The van der Waals surface area contributed by atoms with Gasteiger partial charge >= 0.3 is 6.09 Å². The molecule has 4 aromatic rings. The zero-order valence-corrected chi connectivity index (χ0v) is 31.6. The minimum Gasteiger partial charge on any atom is -0.497 e. The Kier molecular flexibility index (Phi) is 11.9. The highest BCUT2D eigenvalue weighted by molar-refractivity contribution is 7.93. The van der Waals surface area contributed by atoms with Gasteiger partial charge in [0.25, 0.3) is 10.0 Å². The number of carbonyl (C=O) groups excluding carboxylic acids is 1. The van der Waals surface area contributed by atoms with Gasteiger partial charge in [0, 0.05) is 47.8 Å². The van der Waals surface area contributed by atoms with Crippen molar-refractivity contribution in [2.45, 2.75) is 50.2 Å². The molecule has 1 aliphatic heterocycles. The number of carbonyl (C=O) groups is 1. The van der Waals surface area contributed by atoms with Crippen LogP contribution in [0.2, 0.25) is 9.36 Å². The first-order valence-electron chi connectivity index (χ1n) is 15.8. The largest absolute Gasteiger partial charge is 0.497 e. The number of nitrogens with zero attached hydrogens (tertiary/aromatic N) is 3. The lowest BCUT2D eigenvalue weighted by molar-refractivity contribution is 0.0110. The molecule has 0 bridgehead atoms. The zero-order chi connectivity index (χ0) is 37.1. The fraction of sp³-hybridized carbons (Fsp3) is 0.371. The smallest absolute Gasteiger partial charge is 0.410 e. The van der Waals surface area contributed by atoms with Gasteiger partial charge in [-0.15, -0.1) is 0 Å². The van der Waals surface area contributed by atoms with Gasteiger partial charge in [-0.05, 0) is 62.9 Å². The molecule has 10 nitrogen and oxygen atoms in total. The van der Waals surface area contributed by atoms with Gasteiger partial charge in [0.1, 0.15) is 32.1 Å². The molecule has 2 atom stereocenters. The van der Waals surface area contributed by atoms with Gasteiger partial charge in [-0.25, -0.2) is 31.3 Å². The van der Waals surface area contributed by atoms with Crippen molar-refractivity contribution in [3.8, 4) is 17.2 Å². The van der Waals surface area contributed by atoms with Crippen LogP contribution in [-0.2, 0) is 21.3 Å². The Morgan fingerprint density at radius 3 is 2.37 bits per heavy atom. The molecule has 0 aliphatic carbocycles. The number of aromatic nitrogens is 1. The van der Waals surface area contributed by atoms with E-state index in [1.807, 2.05) is 12.1 Å². The lowest BCUT2D eigenvalue weighted by Gasteiger charge is -2.39. The minimum atomic E-state index is -4.77. The quantitative estimate of drug-likeness (QED) is 0.149. The third-order valence-corrected chi connectivity index (χ3v) is 11.4. The van der Waals surface area contributed by atoms with E-state index in [2.05, 4.69) is 4.98 Å². The molecule has 1 saturated heterocycles. The summed E-state index contributed by atoms with van der Waals surface area (Å²) in [6.07, 6.45) is 1.32. The Balaban J connectivity index is 1.42. The Morgan fingerprint density at radius 1 is 1.02 bits per heavy atom. The topological polar surface area (TPSA) is 108 Å². The molecule has 1 aromatic heterocycles. The zero-order valence-electron chi connectivity index (χ0n) is 28.5. The molecule has 1 fully saturated rings. The molecule has 0 N–H and O–H groups in total. The summed E-state index contributed by atoms with van der Waals surface area (Å²) in [5, 5.41) is 0.489. The first-order valence-corrected chi connectivity index (χ1v) is 18.8. The number of ether oxygens (including phenoxy) is 4. The van der Waals surface area contributed by atoms with Crippen LogP contribution >= 0.6 is 34.5 Å². The molecule has 0 radical (unpaired) electrons. The number of amides is 1. The Labute approximate surface area is 309 Å². The lowest BCUT2D eigenvalue weighted by Crippen LogP contribution is -2.46. The third-order valence-electron chi connectivity index (χ3n) is 8.18. The number of halogens is 4. The van der Waals surface area contributed by atoms with Gasteiger partial charge < -0.3 is 23.8 Å². The van der Waals surface area contributed by atoms with Crippen LogP contribution in [-0.4, -0.2) is 63.9 Å². The highest BCUT2D eigenvalue weighted by Crippen LogP contribution is 2.38. The van der Waals surface area contributed by atoms with Crippen LogP contribution in [0, 0.1) is 17.6 Å². The number of hydrogen-bond acceptors (Lipinski definition) is 9. The van der Waals surface area contributed by atoms with Gasteiger partial charge in [-0.3, -0.25) is 0 Å². The number of hydrogen-bond donors (Lipinski definition) is 0. The molecule has 2 heterocycles. The van der Waals surface area contributed by atoms with Crippen molar-refractivity contribution in [3.05, 3.63) is 92.9 Å². The summed E-state index contributed by atoms with van der Waals surface area (Å²) in [5.74, 6) is -2.53. The summed E-state index contributed by atoms with van der Waals surface area (Å²) in [5.41, 5.74) is 0.638. The Hall–Kier alpha value is -3.85. The first-order chi connectivity index (χ1) is 24.1. The van der Waals surface area contributed by atoms with Crippen molar-refractivity contribution in [3.63, 3.8) is 0 Å². The van der Waals surface area contributed by atoms with E-state index in [-0.39, 0.29) is 41.0 Å². The normalized spacial score (nSPS) is 16.5. The molecule has 274 valence electrons. The van der Waals surface area contributed by atoms with E-state index in [1.165, 1.54) is 20.4 Å². The van der Waals surface area contributed by atoms with Crippen LogP contribution in [0.25, 0.3) is 0 Å². The molecular formula is C35H37Cl2F2N3O7S2. The maximum atomic E-state index is 15.8. The van der Waals surface area contributed by atoms with Crippen molar-refractivity contribution in [2.24, 2.45) is 5.92 Å². The van der Waals surface area contributed by atoms with Gasteiger partial charge in [0.05, 0.1) is 33.6 Å². The second-order valence-electron chi connectivity index (χ2n) is 12.8. The highest BCUT2D eigenvalue weighted by Gasteiger charge is 2.36. The molecule has 5 rings (SSSR count). The van der Waals surface area contributed by atoms with E-state index < -0.39 is 44.0 Å². The maximum Gasteiger partial charge on any atom is 0.410 e. The fourth-order valence-corrected chi connectivity index (χ4v) is 8.43. The van der Waals surface area contributed by atoms with E-state index in [9.17, 15) is 13.2 Å². The first kappa shape index (κ1) is 38.4. The molecule has 1 aliphatic rings. The minimum absolute atomic E-state index is 0.0712. The molecular weight excluding hydrogens is 747 g/mol. The molecule has 0 saturated carbocycles. The van der Waals surface area contributed by atoms with Gasteiger partial charge in [-0.1, -0.05) is 46.7 Å². The number of thiazole rings is 1. The van der Waals surface area contributed by atoms with E-state index in [0.29, 0.717) is 47.2 Å². The molecule has 1 amide bonds. The summed E-state index contributed by atoms with van der Waals surface area (Å²) in [7, 11) is -1.89. The molecule has 16 heteroatoms. The molecule has 51 heavy (non-hydrogen) atoms. The Morgan fingerprint density at radius 2 is 1.75 bits per heavy atom. The van der Waals surface area contributed by atoms with Crippen LogP contribution < -0.4 is 18.5 Å². The third kappa shape index (κ3) is 9.15. The number of piperidine rings is 1. The second-order valence-corrected chi connectivity index (χ2v) is 16.7. The van der Waals surface area contributed by atoms with Crippen LogP contribution in [0.15, 0.2) is 65.7 Å². The van der Waals surface area contributed by atoms with E-state index >= 15 is 8.78 Å². The van der Waals surface area contributed by atoms with Crippen molar-refractivity contribution in [2.75, 3.05) is 38.2 Å². The molecule has 0 unspecified atom stereocenters. The van der Waals surface area contributed by atoms with E-state index in [0.717, 1.165) is 21.2 Å². The van der Waals surface area contributed by atoms with E-state index in [4.69, 9.17) is 42.1 Å². The van der Waals surface area contributed by atoms with Crippen molar-refractivity contribution in [1.29, 1.82) is 0 Å². The summed E-state index contributed by atoms with van der Waals surface area (Å²) in [6.45, 7) is 5.49. The maximum absolute atomic E-state index is 15.8. The van der Waals surface area contributed by atoms with Crippen LogP contribution in [0.5, 0.6) is 17.2 Å². The monoisotopic (exact) mass is 783 g/mol. The average molecular weight is 785 g/mol. The highest BCUT2D eigenvalue weighted by atomic mass is 35.5. The van der Waals surface area contributed by atoms with Gasteiger partial charge in [0.2, 0.25) is 5.13 Å². The average Bonchev–Trinajstić information content (AvgIpc) is 3.52. The van der Waals surface area contributed by atoms with Gasteiger partial charge in [0.15, 0.2) is 11.6 Å². The van der Waals surface area contributed by atoms with Crippen molar-refractivity contribution >= 4 is 55.8 Å². The van der Waals surface area contributed by atoms with Gasteiger partial charge in [-0.2, -0.15) is 0 Å². The van der Waals surface area contributed by atoms with Crippen LogP contribution in [0.4, 0.5) is 18.7 Å². The van der Waals surface area contributed by atoms with Crippen LogP contribution in [0.3, 0.4) is 0 Å². The Bertz CT molecular complexity index is 1970. The van der Waals surface area contributed by atoms with E-state index in [1.54, 1.807) is 56.0 Å². The predicted octanol–water partition coefficient (Wildman–Crippen LogP) is 8.56. The fourth-order valence-electron chi connectivity index (χ4n) is 5.73.